The minimum atomic E-state index is -3.02. The molecule has 0 spiro atoms. The molecule has 1 aliphatic rings. The first kappa shape index (κ1) is 15.5. The molecule has 1 N–H and O–H groups in total. The van der Waals surface area contributed by atoms with Gasteiger partial charge in [-0.15, -0.1) is 0 Å². The van der Waals surface area contributed by atoms with Crippen molar-refractivity contribution in [1.29, 1.82) is 0 Å². The van der Waals surface area contributed by atoms with Crippen molar-refractivity contribution < 1.29 is 8.42 Å². The lowest BCUT2D eigenvalue weighted by atomic mass is 10.1. The molecule has 1 fully saturated rings. The molecule has 114 valence electrons. The Bertz CT molecular complexity index is 518. The minimum absolute atomic E-state index is 0.195. The van der Waals surface area contributed by atoms with Gasteiger partial charge >= 0.3 is 0 Å². The Morgan fingerprint density at radius 2 is 2.05 bits per heavy atom. The van der Waals surface area contributed by atoms with Crippen molar-refractivity contribution in [3.05, 3.63) is 18.2 Å². The van der Waals surface area contributed by atoms with Gasteiger partial charge in [-0.25, -0.2) is 17.7 Å². The summed E-state index contributed by atoms with van der Waals surface area (Å²) >= 11 is 0. The summed E-state index contributed by atoms with van der Waals surface area (Å²) in [5.74, 6) is 0.195. The zero-order valence-electron chi connectivity index (χ0n) is 12.2. The molecule has 1 aromatic heterocycles. The normalized spacial score (nSPS) is 18.5. The van der Waals surface area contributed by atoms with Crippen molar-refractivity contribution in [2.24, 2.45) is 0 Å². The van der Waals surface area contributed by atoms with E-state index in [-0.39, 0.29) is 5.75 Å². The highest BCUT2D eigenvalue weighted by Crippen LogP contribution is 2.15. The lowest BCUT2D eigenvalue weighted by molar-refractivity contribution is 0.287. The molecule has 20 heavy (non-hydrogen) atoms. The summed E-state index contributed by atoms with van der Waals surface area (Å²) in [5, 5.41) is 3.51. The molecule has 0 bridgehead atoms. The predicted molar refractivity (Wildman–Crippen MR) is 78.8 cm³/mol. The molecular formula is C13H24N4O2S. The number of rotatable bonds is 6. The van der Waals surface area contributed by atoms with Crippen LogP contribution in [0.5, 0.6) is 0 Å². The first-order valence-electron chi connectivity index (χ1n) is 7.27. The van der Waals surface area contributed by atoms with E-state index < -0.39 is 10.0 Å². The number of aryl methyl sites for hydroxylation is 1. The molecule has 0 atom stereocenters. The summed E-state index contributed by atoms with van der Waals surface area (Å²) in [6.07, 6.45) is 5.47. The topological polar surface area (TPSA) is 67.2 Å². The Kier molecular flexibility index (Phi) is 5.17. The van der Waals surface area contributed by atoms with Gasteiger partial charge in [-0.3, -0.25) is 0 Å². The van der Waals surface area contributed by atoms with Gasteiger partial charge in [0.05, 0.1) is 17.8 Å². The fraction of sp³-hybridized carbons (Fsp3) is 0.769. The Labute approximate surface area is 121 Å². The van der Waals surface area contributed by atoms with Crippen molar-refractivity contribution in [2.45, 2.75) is 45.8 Å². The van der Waals surface area contributed by atoms with E-state index in [1.807, 2.05) is 12.5 Å². The van der Waals surface area contributed by atoms with Gasteiger partial charge in [0.1, 0.15) is 0 Å². The van der Waals surface area contributed by atoms with Crippen LogP contribution in [0.1, 0.15) is 32.4 Å². The molecule has 6 nitrogen and oxygen atoms in total. The second kappa shape index (κ2) is 6.69. The van der Waals surface area contributed by atoms with Crippen LogP contribution >= 0.6 is 0 Å². The molecule has 0 amide bonds. The molecule has 1 saturated heterocycles. The second-order valence-electron chi connectivity index (χ2n) is 5.13. The molecule has 7 heteroatoms. The van der Waals surface area contributed by atoms with E-state index in [1.165, 1.54) is 5.69 Å². The Morgan fingerprint density at radius 1 is 1.35 bits per heavy atom. The molecule has 0 aromatic carbocycles. The number of hydrogen-bond acceptors (Lipinski definition) is 4. The zero-order chi connectivity index (χ0) is 14.6. The molecule has 2 rings (SSSR count). The van der Waals surface area contributed by atoms with Gasteiger partial charge in [0.25, 0.3) is 0 Å². The van der Waals surface area contributed by atoms with Crippen LogP contribution in [0.15, 0.2) is 12.5 Å². The van der Waals surface area contributed by atoms with Crippen LogP contribution in [0.25, 0.3) is 0 Å². The van der Waals surface area contributed by atoms with Crippen LogP contribution in [-0.4, -0.2) is 47.2 Å². The summed E-state index contributed by atoms with van der Waals surface area (Å²) < 4.78 is 27.3. The van der Waals surface area contributed by atoms with Crippen LogP contribution in [-0.2, 0) is 23.1 Å². The molecule has 1 aromatic rings. The summed E-state index contributed by atoms with van der Waals surface area (Å²) in [6, 6.07) is 0.388. The summed E-state index contributed by atoms with van der Waals surface area (Å²) in [4.78, 5) is 4.15. The van der Waals surface area contributed by atoms with Crippen molar-refractivity contribution in [3.8, 4) is 0 Å². The van der Waals surface area contributed by atoms with E-state index in [9.17, 15) is 8.42 Å². The Morgan fingerprint density at radius 3 is 2.65 bits per heavy atom. The van der Waals surface area contributed by atoms with E-state index in [1.54, 1.807) is 11.2 Å². The number of nitrogens with one attached hydrogen (secondary N) is 1. The monoisotopic (exact) mass is 300 g/mol. The van der Waals surface area contributed by atoms with Gasteiger partial charge in [-0.2, -0.15) is 0 Å². The second-order valence-corrected chi connectivity index (χ2v) is 7.38. The maximum absolute atomic E-state index is 11.8. The molecule has 0 aliphatic carbocycles. The van der Waals surface area contributed by atoms with E-state index in [0.717, 1.165) is 25.9 Å². The largest absolute Gasteiger partial charge is 0.334 e. The third-order valence-corrected chi connectivity index (χ3v) is 5.80. The van der Waals surface area contributed by atoms with Crippen LogP contribution < -0.4 is 5.32 Å². The third-order valence-electron chi connectivity index (χ3n) is 3.92. The SMILES string of the molecule is CCn1cncc1CNC1CCN(S(=O)(=O)CC)CC1. The maximum Gasteiger partial charge on any atom is 0.213 e. The molecule has 2 heterocycles. The lowest BCUT2D eigenvalue weighted by Gasteiger charge is -2.31. The summed E-state index contributed by atoms with van der Waals surface area (Å²) in [7, 11) is -3.02. The Balaban J connectivity index is 1.80. The molecule has 0 radical (unpaired) electrons. The van der Waals surface area contributed by atoms with Crippen LogP contribution in [0.2, 0.25) is 0 Å². The molecule has 0 unspecified atom stereocenters. The Hall–Kier alpha value is -0.920. The van der Waals surface area contributed by atoms with Gasteiger partial charge < -0.3 is 9.88 Å². The number of sulfonamides is 1. The maximum atomic E-state index is 11.8. The third kappa shape index (κ3) is 3.59. The first-order valence-corrected chi connectivity index (χ1v) is 8.88. The minimum Gasteiger partial charge on any atom is -0.334 e. The predicted octanol–water partition coefficient (Wildman–Crippen LogP) is 0.807. The number of imidazole rings is 1. The summed E-state index contributed by atoms with van der Waals surface area (Å²) in [6.45, 7) is 6.76. The standard InChI is InChI=1S/C13H24N4O2S/c1-3-16-11-14-9-13(16)10-15-12-5-7-17(8-6-12)20(18,19)4-2/h9,11-12,15H,3-8,10H2,1-2H3. The highest BCUT2D eigenvalue weighted by molar-refractivity contribution is 7.89. The van der Waals surface area contributed by atoms with E-state index in [2.05, 4.69) is 21.8 Å². The fourth-order valence-electron chi connectivity index (χ4n) is 2.55. The van der Waals surface area contributed by atoms with Crippen LogP contribution in [0.3, 0.4) is 0 Å². The number of nitrogens with zero attached hydrogens (tertiary/aromatic N) is 3. The average Bonchev–Trinajstić information content (AvgIpc) is 2.93. The van der Waals surface area contributed by atoms with E-state index >= 15 is 0 Å². The molecule has 0 saturated carbocycles. The van der Waals surface area contributed by atoms with E-state index in [4.69, 9.17) is 0 Å². The van der Waals surface area contributed by atoms with Gasteiger partial charge in [0.2, 0.25) is 10.0 Å². The van der Waals surface area contributed by atoms with Gasteiger partial charge in [-0.05, 0) is 26.7 Å². The van der Waals surface area contributed by atoms with Crippen molar-refractivity contribution in [3.63, 3.8) is 0 Å². The van der Waals surface area contributed by atoms with Crippen molar-refractivity contribution in [2.75, 3.05) is 18.8 Å². The van der Waals surface area contributed by atoms with Gasteiger partial charge in [0, 0.05) is 38.4 Å². The zero-order valence-corrected chi connectivity index (χ0v) is 13.1. The highest BCUT2D eigenvalue weighted by atomic mass is 32.2. The highest BCUT2D eigenvalue weighted by Gasteiger charge is 2.26. The molecular weight excluding hydrogens is 276 g/mol. The van der Waals surface area contributed by atoms with Gasteiger partial charge in [0.15, 0.2) is 0 Å². The van der Waals surface area contributed by atoms with Crippen molar-refractivity contribution >= 4 is 10.0 Å². The lowest BCUT2D eigenvalue weighted by Crippen LogP contribution is -2.45. The fourth-order valence-corrected chi connectivity index (χ4v) is 3.68. The average molecular weight is 300 g/mol. The van der Waals surface area contributed by atoms with Crippen LogP contribution in [0, 0.1) is 0 Å². The van der Waals surface area contributed by atoms with Crippen molar-refractivity contribution in [1.82, 2.24) is 19.2 Å². The number of aromatic nitrogens is 2. The quantitative estimate of drug-likeness (QED) is 0.844. The van der Waals surface area contributed by atoms with Gasteiger partial charge in [-0.1, -0.05) is 0 Å². The van der Waals surface area contributed by atoms with E-state index in [0.29, 0.717) is 19.1 Å². The first-order chi connectivity index (χ1) is 9.56. The number of piperidine rings is 1. The van der Waals surface area contributed by atoms with Crippen LogP contribution in [0.4, 0.5) is 0 Å². The summed E-state index contributed by atoms with van der Waals surface area (Å²) in [5.41, 5.74) is 1.18. The smallest absolute Gasteiger partial charge is 0.213 e. The molecule has 1 aliphatic heterocycles. The number of hydrogen-bond donors (Lipinski definition) is 1.